The predicted molar refractivity (Wildman–Crippen MR) is 112 cm³/mol. The minimum absolute atomic E-state index is 0.0929. The number of carbonyl (C=O) groups is 1. The van der Waals surface area contributed by atoms with E-state index in [-0.39, 0.29) is 10.7 Å². The van der Waals surface area contributed by atoms with E-state index in [1.165, 1.54) is 35.6 Å². The molecule has 0 aliphatic rings. The number of hydrogen-bond donors (Lipinski definition) is 0. The summed E-state index contributed by atoms with van der Waals surface area (Å²) < 4.78 is 41.0. The lowest BCUT2D eigenvalue weighted by molar-refractivity contribution is -0.115. The lowest BCUT2D eigenvalue weighted by Crippen LogP contribution is -2.21. The fourth-order valence-corrected chi connectivity index (χ4v) is 5.23. The van der Waals surface area contributed by atoms with Gasteiger partial charge >= 0.3 is 0 Å². The summed E-state index contributed by atoms with van der Waals surface area (Å²) in [5.41, 5.74) is 1.70. The second-order valence-electron chi connectivity index (χ2n) is 6.22. The summed E-state index contributed by atoms with van der Waals surface area (Å²) in [6.07, 6.45) is 1.96. The van der Waals surface area contributed by atoms with Crippen LogP contribution in [0.4, 0.5) is 4.39 Å². The number of halogens is 1. The van der Waals surface area contributed by atoms with Gasteiger partial charge in [0.25, 0.3) is 5.91 Å². The maximum Gasteiger partial charge on any atom is 0.263 e. The average Bonchev–Trinajstić information content (AvgIpc) is 2.95. The van der Waals surface area contributed by atoms with E-state index in [4.69, 9.17) is 0 Å². The predicted octanol–water partition coefficient (Wildman–Crippen LogP) is 3.41. The number of benzene rings is 2. The third-order valence-electron chi connectivity index (χ3n) is 4.08. The third kappa shape index (κ3) is 4.71. The molecule has 0 atom stereocenters. The molecule has 1 amide bonds. The van der Waals surface area contributed by atoms with Crippen molar-refractivity contribution in [2.75, 3.05) is 17.8 Å². The minimum Gasteiger partial charge on any atom is -0.316 e. The van der Waals surface area contributed by atoms with E-state index in [1.807, 2.05) is 17.7 Å². The van der Waals surface area contributed by atoms with Crippen molar-refractivity contribution >= 4 is 49.1 Å². The van der Waals surface area contributed by atoms with Crippen LogP contribution in [0, 0.1) is 12.7 Å². The molecule has 5 nitrogen and oxygen atoms in total. The molecule has 0 aliphatic carbocycles. The first-order valence-corrected chi connectivity index (χ1v) is 12.3. The zero-order valence-corrected chi connectivity index (χ0v) is 17.8. The van der Waals surface area contributed by atoms with Gasteiger partial charge in [-0.2, -0.15) is 16.8 Å². The van der Waals surface area contributed by atoms with Crippen molar-refractivity contribution in [2.24, 2.45) is 4.99 Å². The van der Waals surface area contributed by atoms with Crippen LogP contribution in [0.5, 0.6) is 0 Å². The largest absolute Gasteiger partial charge is 0.316 e. The van der Waals surface area contributed by atoms with Gasteiger partial charge in [-0.15, -0.1) is 0 Å². The smallest absolute Gasteiger partial charge is 0.263 e. The van der Waals surface area contributed by atoms with Gasteiger partial charge in [0.15, 0.2) is 14.6 Å². The van der Waals surface area contributed by atoms with E-state index in [2.05, 4.69) is 4.99 Å². The Morgan fingerprint density at radius 3 is 2.61 bits per heavy atom. The monoisotopic (exact) mass is 438 g/mol. The van der Waals surface area contributed by atoms with Gasteiger partial charge in [-0.1, -0.05) is 29.0 Å². The van der Waals surface area contributed by atoms with Crippen molar-refractivity contribution in [3.05, 3.63) is 58.6 Å². The number of nitrogens with zero attached hydrogens (tertiary/aromatic N) is 2. The number of rotatable bonds is 6. The number of thiazole rings is 1. The molecule has 0 unspecified atom stereocenters. The number of aryl methyl sites for hydroxylation is 2. The molecule has 0 N–H and O–H groups in total. The van der Waals surface area contributed by atoms with Gasteiger partial charge in [-0.05, 0) is 43.5 Å². The first-order valence-electron chi connectivity index (χ1n) is 8.45. The number of hydrogen-bond acceptors (Lipinski definition) is 5. The Morgan fingerprint density at radius 1 is 1.21 bits per heavy atom. The Labute approximate surface area is 170 Å². The maximum absolute atomic E-state index is 13.5. The van der Waals surface area contributed by atoms with Crippen LogP contribution in [-0.4, -0.2) is 36.7 Å². The van der Waals surface area contributed by atoms with Crippen LogP contribution < -0.4 is 4.80 Å². The molecule has 1 aromatic heterocycles. The van der Waals surface area contributed by atoms with Crippen LogP contribution in [0.15, 0.2) is 52.4 Å². The standard InChI is InChI=1S/C19H19FN2O3S3/c1-13-3-6-15(7-4-13)28(24,25)12-18(23)21-19-22(9-10-26-2)16-8-5-14(20)11-17(16)27-19/h3-8,11H,9-10,12H2,1-2H3. The molecule has 0 saturated carbocycles. The summed E-state index contributed by atoms with van der Waals surface area (Å²) in [4.78, 5) is 16.9. The van der Waals surface area contributed by atoms with Crippen molar-refractivity contribution in [2.45, 2.75) is 18.4 Å². The van der Waals surface area contributed by atoms with Gasteiger partial charge in [0.1, 0.15) is 11.6 Å². The van der Waals surface area contributed by atoms with Crippen molar-refractivity contribution in [1.82, 2.24) is 4.57 Å². The molecule has 0 spiro atoms. The molecule has 0 bridgehead atoms. The van der Waals surface area contributed by atoms with E-state index < -0.39 is 21.5 Å². The molecule has 0 radical (unpaired) electrons. The lowest BCUT2D eigenvalue weighted by atomic mass is 10.2. The molecule has 9 heteroatoms. The highest BCUT2D eigenvalue weighted by Gasteiger charge is 2.19. The summed E-state index contributed by atoms with van der Waals surface area (Å²) in [6.45, 7) is 2.44. The summed E-state index contributed by atoms with van der Waals surface area (Å²) >= 11 is 2.81. The highest BCUT2D eigenvalue weighted by Crippen LogP contribution is 2.19. The number of amides is 1. The molecule has 28 heavy (non-hydrogen) atoms. The summed E-state index contributed by atoms with van der Waals surface area (Å²) in [5, 5.41) is 0. The highest BCUT2D eigenvalue weighted by atomic mass is 32.2. The molecule has 3 aromatic rings. The number of fused-ring (bicyclic) bond motifs is 1. The van der Waals surface area contributed by atoms with Crippen LogP contribution in [0.2, 0.25) is 0 Å². The van der Waals surface area contributed by atoms with Crippen molar-refractivity contribution < 1.29 is 17.6 Å². The molecule has 3 rings (SSSR count). The van der Waals surface area contributed by atoms with E-state index in [1.54, 1.807) is 30.0 Å². The van der Waals surface area contributed by atoms with Gasteiger partial charge in [-0.3, -0.25) is 4.79 Å². The van der Waals surface area contributed by atoms with Gasteiger partial charge in [0.05, 0.1) is 15.1 Å². The Balaban J connectivity index is 1.96. The van der Waals surface area contributed by atoms with Crippen LogP contribution in [0.3, 0.4) is 0 Å². The Bertz CT molecular complexity index is 1180. The molecule has 0 aliphatic heterocycles. The third-order valence-corrected chi connectivity index (χ3v) is 7.33. The van der Waals surface area contributed by atoms with Gasteiger partial charge < -0.3 is 4.57 Å². The second-order valence-corrected chi connectivity index (χ2v) is 10.2. The Hall–Kier alpha value is -1.97. The molecule has 0 saturated heterocycles. The van der Waals surface area contributed by atoms with Gasteiger partial charge in [0, 0.05) is 12.3 Å². The van der Waals surface area contributed by atoms with E-state index >= 15 is 0 Å². The van der Waals surface area contributed by atoms with Crippen molar-refractivity contribution in [3.63, 3.8) is 0 Å². The Kier molecular flexibility index (Phi) is 6.36. The molecular formula is C19H19FN2O3S3. The maximum atomic E-state index is 13.5. The highest BCUT2D eigenvalue weighted by molar-refractivity contribution is 7.98. The number of thioether (sulfide) groups is 1. The first-order chi connectivity index (χ1) is 13.3. The molecule has 148 valence electrons. The van der Waals surface area contributed by atoms with Crippen molar-refractivity contribution in [1.29, 1.82) is 0 Å². The van der Waals surface area contributed by atoms with E-state index in [0.29, 0.717) is 16.0 Å². The zero-order valence-electron chi connectivity index (χ0n) is 15.4. The van der Waals surface area contributed by atoms with Crippen molar-refractivity contribution in [3.8, 4) is 0 Å². The van der Waals surface area contributed by atoms with Crippen LogP contribution in [-0.2, 0) is 21.2 Å². The molecule has 1 heterocycles. The normalized spacial score (nSPS) is 12.6. The van der Waals surface area contributed by atoms with Crippen LogP contribution >= 0.6 is 23.1 Å². The molecule has 0 fully saturated rings. The fourth-order valence-electron chi connectivity index (χ4n) is 2.66. The van der Waals surface area contributed by atoms with Crippen LogP contribution in [0.1, 0.15) is 5.56 Å². The minimum atomic E-state index is -3.77. The Morgan fingerprint density at radius 2 is 1.93 bits per heavy atom. The summed E-state index contributed by atoms with van der Waals surface area (Å²) in [5.74, 6) is -1.04. The number of sulfone groups is 1. The summed E-state index contributed by atoms with van der Waals surface area (Å²) in [6, 6.07) is 10.7. The first kappa shape index (κ1) is 20.8. The fraction of sp³-hybridized carbons (Fsp3) is 0.263. The van der Waals surface area contributed by atoms with Crippen LogP contribution in [0.25, 0.3) is 10.2 Å². The quantitative estimate of drug-likeness (QED) is 0.591. The average molecular weight is 439 g/mol. The van der Waals surface area contributed by atoms with E-state index in [9.17, 15) is 17.6 Å². The number of aromatic nitrogens is 1. The summed E-state index contributed by atoms with van der Waals surface area (Å²) in [7, 11) is -3.77. The lowest BCUT2D eigenvalue weighted by Gasteiger charge is -2.04. The number of carbonyl (C=O) groups excluding carboxylic acids is 1. The molecular weight excluding hydrogens is 419 g/mol. The van der Waals surface area contributed by atoms with Gasteiger partial charge in [-0.25, -0.2) is 12.8 Å². The SMILES string of the molecule is CSCCn1c(=NC(=O)CS(=O)(=O)c2ccc(C)cc2)sc2cc(F)ccc21. The topological polar surface area (TPSA) is 68.5 Å². The van der Waals surface area contributed by atoms with Gasteiger partial charge in [0.2, 0.25) is 0 Å². The molecule has 2 aromatic carbocycles. The second kappa shape index (κ2) is 8.59. The van der Waals surface area contributed by atoms with E-state index in [0.717, 1.165) is 16.8 Å². The zero-order chi connectivity index (χ0) is 20.3.